The third kappa shape index (κ3) is 3.52. The van der Waals surface area contributed by atoms with Gasteiger partial charge < -0.3 is 9.30 Å². The molecule has 0 radical (unpaired) electrons. The highest BCUT2D eigenvalue weighted by Gasteiger charge is 2.10. The Hall–Kier alpha value is -3.34. The fourth-order valence-electron chi connectivity index (χ4n) is 2.30. The Balaban J connectivity index is 1.72. The van der Waals surface area contributed by atoms with Crippen LogP contribution in [0, 0.1) is 0 Å². The molecular formula is C19H17N3O2. The van der Waals surface area contributed by atoms with Gasteiger partial charge in [-0.15, -0.1) is 0 Å². The Bertz CT molecular complexity index is 837. The molecule has 24 heavy (non-hydrogen) atoms. The van der Waals surface area contributed by atoms with Crippen LogP contribution in [0.4, 0.5) is 0 Å². The molecule has 0 atom stereocenters. The van der Waals surface area contributed by atoms with E-state index < -0.39 is 0 Å². The monoisotopic (exact) mass is 319 g/mol. The zero-order valence-electron chi connectivity index (χ0n) is 13.2. The minimum Gasteiger partial charge on any atom is -0.497 e. The number of carbonyl (C=O) groups is 1. The second kappa shape index (κ2) is 7.28. The maximum Gasteiger partial charge on any atom is 0.273 e. The number of rotatable bonds is 5. The lowest BCUT2D eigenvalue weighted by Gasteiger charge is -2.09. The summed E-state index contributed by atoms with van der Waals surface area (Å²) in [5.41, 5.74) is 4.80. The smallest absolute Gasteiger partial charge is 0.273 e. The third-order valence-corrected chi connectivity index (χ3v) is 3.53. The number of carbonyl (C=O) groups excluding carboxylic acids is 1. The van der Waals surface area contributed by atoms with Crippen molar-refractivity contribution in [2.75, 3.05) is 7.11 Å². The van der Waals surface area contributed by atoms with Gasteiger partial charge in [-0.1, -0.05) is 12.1 Å². The summed E-state index contributed by atoms with van der Waals surface area (Å²) in [4.78, 5) is 12.4. The molecule has 120 valence electrons. The first-order chi connectivity index (χ1) is 11.8. The van der Waals surface area contributed by atoms with Crippen LogP contribution in [0.2, 0.25) is 0 Å². The van der Waals surface area contributed by atoms with Gasteiger partial charge >= 0.3 is 0 Å². The quantitative estimate of drug-likeness (QED) is 0.580. The molecule has 5 heteroatoms. The van der Waals surface area contributed by atoms with Crippen LogP contribution in [0.25, 0.3) is 5.69 Å². The van der Waals surface area contributed by atoms with Crippen LogP contribution in [0.5, 0.6) is 5.75 Å². The molecule has 0 saturated carbocycles. The van der Waals surface area contributed by atoms with E-state index in [0.717, 1.165) is 17.0 Å². The lowest BCUT2D eigenvalue weighted by atomic mass is 10.1. The molecule has 0 aliphatic heterocycles. The minimum absolute atomic E-state index is 0.260. The summed E-state index contributed by atoms with van der Waals surface area (Å²) in [6.45, 7) is 0. The number of hydrogen-bond acceptors (Lipinski definition) is 3. The molecule has 1 aromatic heterocycles. The molecule has 0 bridgehead atoms. The molecule has 0 saturated heterocycles. The van der Waals surface area contributed by atoms with Crippen LogP contribution in [0.1, 0.15) is 15.9 Å². The van der Waals surface area contributed by atoms with Gasteiger partial charge in [0, 0.05) is 12.4 Å². The van der Waals surface area contributed by atoms with Crippen LogP contribution in [-0.2, 0) is 0 Å². The van der Waals surface area contributed by atoms with Gasteiger partial charge in [-0.2, -0.15) is 5.10 Å². The van der Waals surface area contributed by atoms with E-state index in [1.165, 1.54) is 0 Å². The second-order valence-corrected chi connectivity index (χ2v) is 5.08. The summed E-state index contributed by atoms with van der Waals surface area (Å²) in [6, 6.07) is 18.6. The van der Waals surface area contributed by atoms with Gasteiger partial charge in [0.05, 0.1) is 24.6 Å². The molecule has 1 heterocycles. The number of methoxy groups -OCH3 is 1. The molecular weight excluding hydrogens is 302 g/mol. The second-order valence-electron chi connectivity index (χ2n) is 5.08. The molecule has 2 aromatic carbocycles. The van der Waals surface area contributed by atoms with Crippen LogP contribution in [0.15, 0.2) is 78.2 Å². The Kier molecular flexibility index (Phi) is 4.72. The van der Waals surface area contributed by atoms with Crippen LogP contribution in [0.3, 0.4) is 0 Å². The van der Waals surface area contributed by atoms with Crippen LogP contribution < -0.4 is 10.2 Å². The normalized spacial score (nSPS) is 10.7. The van der Waals surface area contributed by atoms with Gasteiger partial charge in [0.2, 0.25) is 0 Å². The number of para-hydroxylation sites is 1. The maximum absolute atomic E-state index is 12.4. The molecule has 1 amide bonds. The largest absolute Gasteiger partial charge is 0.497 e. The Labute approximate surface area is 140 Å². The van der Waals surface area contributed by atoms with Gasteiger partial charge in [0.1, 0.15) is 5.75 Å². The molecule has 3 rings (SSSR count). The number of aromatic nitrogens is 1. The SMILES string of the molecule is COc1ccc(/C=N/NC(=O)c2ccccc2-n2cccc2)cc1. The average molecular weight is 319 g/mol. The Morgan fingerprint density at radius 3 is 2.46 bits per heavy atom. The summed E-state index contributed by atoms with van der Waals surface area (Å²) in [6.07, 6.45) is 5.38. The van der Waals surface area contributed by atoms with Crippen LogP contribution >= 0.6 is 0 Å². The van der Waals surface area contributed by atoms with Crippen molar-refractivity contribution in [3.05, 3.63) is 84.2 Å². The first-order valence-corrected chi connectivity index (χ1v) is 7.48. The Morgan fingerprint density at radius 1 is 1.04 bits per heavy atom. The lowest BCUT2D eigenvalue weighted by Crippen LogP contribution is -2.19. The predicted molar refractivity (Wildman–Crippen MR) is 93.8 cm³/mol. The lowest BCUT2D eigenvalue weighted by molar-refractivity contribution is 0.0955. The van der Waals surface area contributed by atoms with E-state index in [4.69, 9.17) is 4.74 Å². The molecule has 0 aliphatic rings. The first-order valence-electron chi connectivity index (χ1n) is 7.48. The van der Waals surface area contributed by atoms with Crippen LogP contribution in [-0.4, -0.2) is 23.8 Å². The standard InChI is InChI=1S/C19H17N3O2/c1-24-16-10-8-15(9-11-16)14-20-21-19(23)17-6-2-3-7-18(17)22-12-4-5-13-22/h2-14H,1H3,(H,21,23)/b20-14+. The molecule has 5 nitrogen and oxygen atoms in total. The van der Waals surface area contributed by atoms with Crippen molar-refractivity contribution in [1.29, 1.82) is 0 Å². The summed E-state index contributed by atoms with van der Waals surface area (Å²) < 4.78 is 6.99. The third-order valence-electron chi connectivity index (χ3n) is 3.53. The average Bonchev–Trinajstić information content (AvgIpc) is 3.17. The molecule has 0 aliphatic carbocycles. The number of nitrogens with one attached hydrogen (secondary N) is 1. The molecule has 0 spiro atoms. The number of nitrogens with zero attached hydrogens (tertiary/aromatic N) is 2. The van der Waals surface area contributed by atoms with E-state index in [1.54, 1.807) is 19.4 Å². The van der Waals surface area contributed by atoms with E-state index in [9.17, 15) is 4.79 Å². The Morgan fingerprint density at radius 2 is 1.75 bits per heavy atom. The van der Waals surface area contributed by atoms with Gasteiger partial charge in [-0.05, 0) is 54.1 Å². The van der Waals surface area contributed by atoms with Gasteiger partial charge in [0.15, 0.2) is 0 Å². The van der Waals surface area contributed by atoms with E-state index in [0.29, 0.717) is 5.56 Å². The molecule has 1 N–H and O–H groups in total. The van der Waals surface area contributed by atoms with Crippen molar-refractivity contribution in [2.45, 2.75) is 0 Å². The number of amides is 1. The highest BCUT2D eigenvalue weighted by atomic mass is 16.5. The van der Waals surface area contributed by atoms with Gasteiger partial charge in [0.25, 0.3) is 5.91 Å². The van der Waals surface area contributed by atoms with Gasteiger partial charge in [-0.25, -0.2) is 5.43 Å². The minimum atomic E-state index is -0.260. The summed E-state index contributed by atoms with van der Waals surface area (Å²) in [5.74, 6) is 0.515. The zero-order chi connectivity index (χ0) is 16.8. The number of hydrogen-bond donors (Lipinski definition) is 1. The van der Waals surface area contributed by atoms with Crippen molar-refractivity contribution in [1.82, 2.24) is 9.99 Å². The highest BCUT2D eigenvalue weighted by molar-refractivity contribution is 5.98. The highest BCUT2D eigenvalue weighted by Crippen LogP contribution is 2.14. The zero-order valence-corrected chi connectivity index (χ0v) is 13.2. The van der Waals surface area contributed by atoms with Crippen molar-refractivity contribution in [2.24, 2.45) is 5.10 Å². The number of benzene rings is 2. The van der Waals surface area contributed by atoms with E-state index in [2.05, 4.69) is 10.5 Å². The van der Waals surface area contributed by atoms with Gasteiger partial charge in [-0.3, -0.25) is 4.79 Å². The topological polar surface area (TPSA) is 55.6 Å². The van der Waals surface area contributed by atoms with Crippen molar-refractivity contribution >= 4 is 12.1 Å². The summed E-state index contributed by atoms with van der Waals surface area (Å²) in [7, 11) is 1.62. The fraction of sp³-hybridized carbons (Fsp3) is 0.0526. The summed E-state index contributed by atoms with van der Waals surface area (Å²) in [5, 5.41) is 4.02. The van der Waals surface area contributed by atoms with Crippen molar-refractivity contribution in [3.8, 4) is 11.4 Å². The number of ether oxygens (including phenoxy) is 1. The molecule has 3 aromatic rings. The number of hydrazone groups is 1. The fourth-order valence-corrected chi connectivity index (χ4v) is 2.30. The van der Waals surface area contributed by atoms with E-state index in [-0.39, 0.29) is 5.91 Å². The molecule has 0 fully saturated rings. The predicted octanol–water partition coefficient (Wildman–Crippen LogP) is 3.25. The van der Waals surface area contributed by atoms with E-state index >= 15 is 0 Å². The van der Waals surface area contributed by atoms with Crippen molar-refractivity contribution < 1.29 is 9.53 Å². The summed E-state index contributed by atoms with van der Waals surface area (Å²) >= 11 is 0. The maximum atomic E-state index is 12.4. The first kappa shape index (κ1) is 15.6. The van der Waals surface area contributed by atoms with Crippen molar-refractivity contribution in [3.63, 3.8) is 0 Å². The van der Waals surface area contributed by atoms with E-state index in [1.807, 2.05) is 71.6 Å². The molecule has 0 unspecified atom stereocenters.